The van der Waals surface area contributed by atoms with Crippen molar-refractivity contribution in [3.05, 3.63) is 36.1 Å². The molecule has 0 N–H and O–H groups in total. The summed E-state index contributed by atoms with van der Waals surface area (Å²) in [5.74, 6) is 0.310. The molecule has 2 aliphatic heterocycles. The zero-order chi connectivity index (χ0) is 20.3. The van der Waals surface area contributed by atoms with Crippen molar-refractivity contribution >= 4 is 39.1 Å². The van der Waals surface area contributed by atoms with Gasteiger partial charge in [0.25, 0.3) is 11.1 Å². The fourth-order valence-corrected chi connectivity index (χ4v) is 4.15. The highest BCUT2D eigenvalue weighted by Gasteiger charge is 2.38. The van der Waals surface area contributed by atoms with Crippen molar-refractivity contribution in [1.82, 2.24) is 4.90 Å². The van der Waals surface area contributed by atoms with Crippen LogP contribution in [0.25, 0.3) is 0 Å². The summed E-state index contributed by atoms with van der Waals surface area (Å²) in [5.41, 5.74) is 1.29. The number of thiocarbonyl (C=S) groups is 1. The van der Waals surface area contributed by atoms with Gasteiger partial charge in [-0.2, -0.15) is 8.42 Å². The van der Waals surface area contributed by atoms with Gasteiger partial charge in [-0.25, -0.2) is 0 Å². The van der Waals surface area contributed by atoms with E-state index in [4.69, 9.17) is 25.9 Å². The Morgan fingerprint density at radius 3 is 2.86 bits per heavy atom. The molecule has 0 bridgehead atoms. The molecule has 152 valence electrons. The predicted molar refractivity (Wildman–Crippen MR) is 107 cm³/mol. The summed E-state index contributed by atoms with van der Waals surface area (Å²) in [6, 6.07) is 7.61. The summed E-state index contributed by atoms with van der Waals surface area (Å²) in [7, 11) is -3.78. The highest BCUT2D eigenvalue weighted by Crippen LogP contribution is 2.33. The third-order valence-corrected chi connectivity index (χ3v) is 5.94. The molecule has 0 spiro atoms. The molecule has 1 atom stereocenters. The van der Waals surface area contributed by atoms with Gasteiger partial charge >= 0.3 is 10.1 Å². The second-order valence-electron chi connectivity index (χ2n) is 6.42. The van der Waals surface area contributed by atoms with E-state index in [1.165, 1.54) is 4.90 Å². The van der Waals surface area contributed by atoms with E-state index in [2.05, 4.69) is 0 Å². The largest absolute Gasteiger partial charge is 0.471 e. The molecule has 0 aliphatic carbocycles. The number of para-hydroxylation sites is 2. The zero-order valence-corrected chi connectivity index (χ0v) is 17.3. The van der Waals surface area contributed by atoms with Gasteiger partial charge in [0.15, 0.2) is 6.73 Å². The molecular weight excluding hydrogens is 404 g/mol. The van der Waals surface area contributed by atoms with Crippen LogP contribution in [0.2, 0.25) is 0 Å². The second kappa shape index (κ2) is 8.36. The molecule has 28 heavy (non-hydrogen) atoms. The number of nitrogens with zero attached hydrogens (tertiary/aromatic N) is 2. The average molecular weight is 427 g/mol. The number of likely N-dealkylation sites (N-methyl/N-ethyl adjacent to an activating group) is 1. The molecule has 8 nitrogen and oxygen atoms in total. The smallest absolute Gasteiger partial charge is 0.308 e. The molecule has 2 heterocycles. The zero-order valence-electron chi connectivity index (χ0n) is 15.7. The van der Waals surface area contributed by atoms with Crippen molar-refractivity contribution in [3.63, 3.8) is 0 Å². The van der Waals surface area contributed by atoms with Crippen molar-refractivity contribution < 1.29 is 26.9 Å². The first-order valence-corrected chi connectivity index (χ1v) is 10.9. The molecule has 3 rings (SSSR count). The van der Waals surface area contributed by atoms with E-state index in [0.717, 1.165) is 17.7 Å². The average Bonchev–Trinajstić information content (AvgIpc) is 3.20. The van der Waals surface area contributed by atoms with Crippen LogP contribution in [0.5, 0.6) is 5.75 Å². The molecule has 1 fully saturated rings. The lowest BCUT2D eigenvalue weighted by molar-refractivity contribution is -0.128. The van der Waals surface area contributed by atoms with Crippen LogP contribution >= 0.6 is 12.2 Å². The first-order chi connectivity index (χ1) is 13.3. The topological polar surface area (TPSA) is 85.4 Å². The Balaban J connectivity index is 1.51. The van der Waals surface area contributed by atoms with Crippen LogP contribution in [0, 0.1) is 0 Å². The van der Waals surface area contributed by atoms with E-state index in [0.29, 0.717) is 31.8 Å². The Labute approximate surface area is 169 Å². The molecule has 1 aromatic carbocycles. The van der Waals surface area contributed by atoms with Gasteiger partial charge in [-0.05, 0) is 44.6 Å². The molecule has 1 amide bonds. The van der Waals surface area contributed by atoms with Crippen LogP contribution in [0.15, 0.2) is 36.1 Å². The molecule has 0 radical (unpaired) electrons. The van der Waals surface area contributed by atoms with Gasteiger partial charge in [0.05, 0.1) is 11.4 Å². The lowest BCUT2D eigenvalue weighted by Crippen LogP contribution is -2.31. The summed E-state index contributed by atoms with van der Waals surface area (Å²) < 4.78 is 40.1. The Bertz CT molecular complexity index is 899. The maximum atomic E-state index is 12.2. The fourth-order valence-electron chi connectivity index (χ4n) is 2.95. The minimum absolute atomic E-state index is 0.0845. The monoisotopic (exact) mass is 426 g/mol. The fraction of sp³-hybridized carbons (Fsp3) is 0.444. The van der Waals surface area contributed by atoms with Crippen molar-refractivity contribution in [3.8, 4) is 5.75 Å². The van der Waals surface area contributed by atoms with Crippen molar-refractivity contribution in [2.24, 2.45) is 0 Å². The molecule has 0 aromatic heterocycles. The number of ether oxygens (including phenoxy) is 2. The third kappa shape index (κ3) is 4.39. The number of anilines is 1. The summed E-state index contributed by atoms with van der Waals surface area (Å²) in [5, 5.41) is 0.0845. The van der Waals surface area contributed by atoms with Crippen LogP contribution in [0.4, 0.5) is 5.69 Å². The Morgan fingerprint density at radius 2 is 2.14 bits per heavy atom. The van der Waals surface area contributed by atoms with Gasteiger partial charge in [0, 0.05) is 18.7 Å². The van der Waals surface area contributed by atoms with E-state index in [9.17, 15) is 13.2 Å². The van der Waals surface area contributed by atoms with Gasteiger partial charge < -0.3 is 18.6 Å². The first kappa shape index (κ1) is 20.4. The van der Waals surface area contributed by atoms with Gasteiger partial charge in [0.2, 0.25) is 6.10 Å². The van der Waals surface area contributed by atoms with Gasteiger partial charge in [-0.15, -0.1) is 0 Å². The number of hydrogen-bond donors (Lipinski definition) is 0. The van der Waals surface area contributed by atoms with E-state index >= 15 is 0 Å². The number of benzene rings is 1. The first-order valence-electron chi connectivity index (χ1n) is 8.89. The second-order valence-corrected chi connectivity index (χ2v) is 8.49. The van der Waals surface area contributed by atoms with Gasteiger partial charge in [-0.1, -0.05) is 12.1 Å². The van der Waals surface area contributed by atoms with Crippen LogP contribution in [0.1, 0.15) is 20.3 Å². The Morgan fingerprint density at radius 1 is 1.39 bits per heavy atom. The highest BCUT2D eigenvalue weighted by molar-refractivity contribution is 7.86. The van der Waals surface area contributed by atoms with Crippen molar-refractivity contribution in [1.29, 1.82) is 0 Å². The summed E-state index contributed by atoms with van der Waals surface area (Å²) >= 11 is 4.99. The highest BCUT2D eigenvalue weighted by atomic mass is 32.2. The third-order valence-electron chi connectivity index (χ3n) is 4.44. The normalized spacial score (nSPS) is 19.5. The molecule has 1 unspecified atom stereocenters. The predicted octanol–water partition coefficient (Wildman–Crippen LogP) is 2.02. The van der Waals surface area contributed by atoms with Crippen molar-refractivity contribution in [2.75, 3.05) is 30.5 Å². The van der Waals surface area contributed by atoms with E-state index in [1.807, 2.05) is 29.2 Å². The summed E-state index contributed by atoms with van der Waals surface area (Å²) in [6.45, 7) is 4.66. The van der Waals surface area contributed by atoms with E-state index in [-0.39, 0.29) is 16.8 Å². The molecular formula is C18H22N2O6S2. The van der Waals surface area contributed by atoms with Gasteiger partial charge in [-0.3, -0.25) is 9.69 Å². The molecule has 1 aromatic rings. The number of amides is 1. The summed E-state index contributed by atoms with van der Waals surface area (Å²) in [6.07, 6.45) is 0.480. The number of carbonyl (C=O) groups excluding carboxylic acids is 1. The van der Waals surface area contributed by atoms with Crippen LogP contribution < -0.4 is 9.64 Å². The van der Waals surface area contributed by atoms with Crippen LogP contribution in [0.3, 0.4) is 0 Å². The summed E-state index contributed by atoms with van der Waals surface area (Å²) in [4.78, 5) is 15.5. The minimum atomic E-state index is -3.78. The van der Waals surface area contributed by atoms with Crippen molar-refractivity contribution in [2.45, 2.75) is 26.4 Å². The Hall–Kier alpha value is -2.33. The molecule has 2 aliphatic rings. The lowest BCUT2D eigenvalue weighted by atomic mass is 10.2. The lowest BCUT2D eigenvalue weighted by Gasteiger charge is -2.16. The maximum absolute atomic E-state index is 12.2. The number of fused-ring (bicyclic) bond motifs is 1. The number of rotatable bonds is 8. The Kier molecular flexibility index (Phi) is 6.09. The van der Waals surface area contributed by atoms with E-state index < -0.39 is 16.2 Å². The quantitative estimate of drug-likeness (QED) is 0.355. The molecule has 0 saturated carbocycles. The minimum Gasteiger partial charge on any atom is -0.471 e. The molecule has 10 heteroatoms. The standard InChI is InChI=1S/C18H22N2O6S2/c1-3-20-17(21)16(26-18(20)27)13(2)11-25-28(22,23)10-6-9-19-12-24-15-8-5-4-7-14(15)19/h4-5,7-8,11,16H,3,6,9-10,12H2,1-2H3/b13-11+. The van der Waals surface area contributed by atoms with Crippen LogP contribution in [-0.2, 0) is 23.8 Å². The van der Waals surface area contributed by atoms with E-state index in [1.54, 1.807) is 13.8 Å². The SMILES string of the molecule is CCN1C(=O)C(/C(C)=C/OS(=O)(=O)CCCN2COc3ccccc32)OC1=S. The molecule has 1 saturated heterocycles. The number of carbonyl (C=O) groups is 1. The number of hydrogen-bond acceptors (Lipinski definition) is 8. The van der Waals surface area contributed by atoms with Gasteiger partial charge in [0.1, 0.15) is 12.0 Å². The van der Waals surface area contributed by atoms with Crippen LogP contribution in [-0.4, -0.2) is 56.1 Å². The maximum Gasteiger partial charge on any atom is 0.308 e.